The van der Waals surface area contributed by atoms with Gasteiger partial charge in [-0.15, -0.1) is 0 Å². The Hall–Kier alpha value is -3.54. The molecule has 152 valence electrons. The van der Waals surface area contributed by atoms with Gasteiger partial charge in [-0.25, -0.2) is 4.79 Å². The van der Waals surface area contributed by atoms with Gasteiger partial charge in [-0.1, -0.05) is 41.4 Å². The van der Waals surface area contributed by atoms with Crippen molar-refractivity contribution in [1.29, 1.82) is 0 Å². The summed E-state index contributed by atoms with van der Waals surface area (Å²) < 4.78 is 16.6. The van der Waals surface area contributed by atoms with Crippen molar-refractivity contribution in [3.63, 3.8) is 0 Å². The Balaban J connectivity index is 1.38. The van der Waals surface area contributed by atoms with Crippen molar-refractivity contribution >= 4 is 52.0 Å². The van der Waals surface area contributed by atoms with E-state index in [9.17, 15) is 9.59 Å². The van der Waals surface area contributed by atoms with E-state index in [1.54, 1.807) is 54.6 Å². The Morgan fingerprint density at radius 2 is 1.81 bits per heavy atom. The first-order valence-corrected chi connectivity index (χ1v) is 9.98. The van der Waals surface area contributed by atoms with Crippen LogP contribution in [0.2, 0.25) is 10.0 Å². The second-order valence-corrected chi connectivity index (χ2v) is 7.65. The van der Waals surface area contributed by atoms with Crippen molar-refractivity contribution in [3.8, 4) is 11.5 Å². The maximum atomic E-state index is 12.6. The van der Waals surface area contributed by atoms with Crippen LogP contribution in [-0.4, -0.2) is 11.8 Å². The number of esters is 1. The monoisotopic (exact) mass is 450 g/mol. The zero-order valence-corrected chi connectivity index (χ0v) is 17.2. The zero-order valence-electron chi connectivity index (χ0n) is 15.7. The van der Waals surface area contributed by atoms with Gasteiger partial charge >= 0.3 is 5.97 Å². The topological polar surface area (TPSA) is 65.7 Å². The van der Waals surface area contributed by atoms with Crippen LogP contribution in [0.4, 0.5) is 0 Å². The number of rotatable bonds is 3. The second kappa shape index (κ2) is 7.61. The van der Waals surface area contributed by atoms with Crippen LogP contribution in [-0.2, 0) is 0 Å². The molecule has 0 saturated heterocycles. The summed E-state index contributed by atoms with van der Waals surface area (Å²) in [5.74, 6) is -0.265. The van der Waals surface area contributed by atoms with Crippen LogP contribution in [0.5, 0.6) is 11.5 Å². The van der Waals surface area contributed by atoms with Crippen molar-refractivity contribution in [2.45, 2.75) is 0 Å². The van der Waals surface area contributed by atoms with E-state index >= 15 is 0 Å². The minimum absolute atomic E-state index is 0.0362. The number of carbonyl (C=O) groups excluding carboxylic acids is 2. The average Bonchev–Trinajstić information content (AvgIpc) is 3.30. The Morgan fingerprint density at radius 3 is 2.65 bits per heavy atom. The number of ketones is 1. The molecule has 0 N–H and O–H groups in total. The number of hydrogen-bond donors (Lipinski definition) is 0. The lowest BCUT2D eigenvalue weighted by atomic mass is 10.1. The third-order valence-electron chi connectivity index (χ3n) is 4.72. The molecule has 0 atom stereocenters. The molecule has 0 aliphatic carbocycles. The standard InChI is InChI=1S/C24H12Cl2O5/c25-15-5-8-19-14(9-15)11-22(30-19)24(28)29-16-6-7-17-20(12-16)31-21(23(17)27)10-13-3-1-2-4-18(13)26/h1-12H/b21-10-. The molecule has 0 unspecified atom stereocenters. The van der Waals surface area contributed by atoms with E-state index < -0.39 is 5.97 Å². The van der Waals surface area contributed by atoms with Gasteiger partial charge in [0.1, 0.15) is 17.1 Å². The smallest absolute Gasteiger partial charge is 0.379 e. The molecule has 0 fully saturated rings. The maximum Gasteiger partial charge on any atom is 0.379 e. The predicted molar refractivity (Wildman–Crippen MR) is 117 cm³/mol. The van der Waals surface area contributed by atoms with E-state index in [0.29, 0.717) is 37.9 Å². The molecule has 5 rings (SSSR count). The molecule has 31 heavy (non-hydrogen) atoms. The maximum absolute atomic E-state index is 12.6. The molecule has 0 radical (unpaired) electrons. The van der Waals surface area contributed by atoms with Gasteiger partial charge in [0.05, 0.1) is 5.56 Å². The lowest BCUT2D eigenvalue weighted by molar-refractivity contribution is 0.0703. The largest absolute Gasteiger partial charge is 0.452 e. The Kier molecular flexibility index (Phi) is 4.77. The molecule has 0 saturated carbocycles. The van der Waals surface area contributed by atoms with Crippen molar-refractivity contribution in [1.82, 2.24) is 0 Å². The number of Topliss-reactive ketones (excluding diaryl/α,β-unsaturated/α-hetero) is 1. The second-order valence-electron chi connectivity index (χ2n) is 6.80. The van der Waals surface area contributed by atoms with Crippen molar-refractivity contribution in [2.24, 2.45) is 0 Å². The van der Waals surface area contributed by atoms with Gasteiger partial charge in [0.15, 0.2) is 5.76 Å². The highest BCUT2D eigenvalue weighted by molar-refractivity contribution is 6.32. The van der Waals surface area contributed by atoms with Crippen molar-refractivity contribution < 1.29 is 23.5 Å². The molecule has 5 nitrogen and oxygen atoms in total. The number of carbonyl (C=O) groups is 2. The van der Waals surface area contributed by atoms with E-state index in [1.165, 1.54) is 12.1 Å². The Labute approximate surface area is 186 Å². The number of benzene rings is 3. The molecule has 7 heteroatoms. The van der Waals surface area contributed by atoms with Gasteiger partial charge in [-0.05, 0) is 54.1 Å². The fraction of sp³-hybridized carbons (Fsp3) is 0. The van der Waals surface area contributed by atoms with Gasteiger partial charge in [0, 0.05) is 21.5 Å². The highest BCUT2D eigenvalue weighted by Crippen LogP contribution is 2.36. The van der Waals surface area contributed by atoms with Crippen molar-refractivity contribution in [3.05, 3.63) is 99.4 Å². The normalized spacial score (nSPS) is 14.0. The van der Waals surface area contributed by atoms with Crippen LogP contribution in [0.3, 0.4) is 0 Å². The van der Waals surface area contributed by atoms with Crippen LogP contribution < -0.4 is 9.47 Å². The summed E-state index contributed by atoms with van der Waals surface area (Å²) in [6.07, 6.45) is 1.58. The van der Waals surface area contributed by atoms with E-state index in [4.69, 9.17) is 37.1 Å². The first-order chi connectivity index (χ1) is 15.0. The number of fused-ring (bicyclic) bond motifs is 2. The molecule has 0 bridgehead atoms. The molecule has 0 spiro atoms. The first kappa shape index (κ1) is 19.4. The van der Waals surface area contributed by atoms with E-state index in [0.717, 1.165) is 0 Å². The van der Waals surface area contributed by atoms with Crippen molar-refractivity contribution in [2.75, 3.05) is 0 Å². The lowest BCUT2D eigenvalue weighted by Gasteiger charge is -2.04. The van der Waals surface area contributed by atoms with Crippen LogP contribution in [0.1, 0.15) is 26.5 Å². The molecule has 1 aromatic heterocycles. The molecule has 0 amide bonds. The summed E-state index contributed by atoms with van der Waals surface area (Å²) in [4.78, 5) is 25.1. The van der Waals surface area contributed by atoms with Gasteiger partial charge in [-0.2, -0.15) is 0 Å². The minimum atomic E-state index is -0.677. The summed E-state index contributed by atoms with van der Waals surface area (Å²) in [7, 11) is 0. The fourth-order valence-electron chi connectivity index (χ4n) is 3.24. The summed E-state index contributed by atoms with van der Waals surface area (Å²) >= 11 is 12.1. The number of ether oxygens (including phenoxy) is 2. The van der Waals surface area contributed by atoms with E-state index in [2.05, 4.69) is 0 Å². The quantitative estimate of drug-likeness (QED) is 0.200. The molecule has 1 aliphatic rings. The Bertz CT molecular complexity index is 1400. The molecule has 2 heterocycles. The summed E-state index contributed by atoms with van der Waals surface area (Å²) in [6, 6.07) is 18.3. The molecule has 1 aliphatic heterocycles. The highest BCUT2D eigenvalue weighted by Gasteiger charge is 2.28. The summed E-state index contributed by atoms with van der Waals surface area (Å²) in [5.41, 5.74) is 1.56. The number of furan rings is 1. The third-order valence-corrected chi connectivity index (χ3v) is 5.30. The van der Waals surface area contributed by atoms with Crippen LogP contribution in [0.15, 0.2) is 76.9 Å². The SMILES string of the molecule is O=C(Oc1ccc2c(c1)O/C(=C\c1ccccc1Cl)C2=O)c1cc2cc(Cl)ccc2o1. The Morgan fingerprint density at radius 1 is 0.968 bits per heavy atom. The minimum Gasteiger partial charge on any atom is -0.452 e. The number of hydrogen-bond acceptors (Lipinski definition) is 5. The van der Waals surface area contributed by atoms with E-state index in [1.807, 2.05) is 6.07 Å². The van der Waals surface area contributed by atoms with Gasteiger partial charge in [0.2, 0.25) is 11.5 Å². The average molecular weight is 451 g/mol. The van der Waals surface area contributed by atoms with Crippen LogP contribution in [0.25, 0.3) is 17.0 Å². The van der Waals surface area contributed by atoms with Gasteiger partial charge in [-0.3, -0.25) is 4.79 Å². The summed E-state index contributed by atoms with van der Waals surface area (Å²) in [6.45, 7) is 0. The fourth-order valence-corrected chi connectivity index (χ4v) is 3.61. The van der Waals surface area contributed by atoms with Crippen LogP contribution >= 0.6 is 23.2 Å². The van der Waals surface area contributed by atoms with E-state index in [-0.39, 0.29) is 23.1 Å². The zero-order chi connectivity index (χ0) is 21.5. The molecular formula is C24H12Cl2O5. The molecule has 4 aromatic rings. The van der Waals surface area contributed by atoms with Crippen LogP contribution in [0, 0.1) is 0 Å². The first-order valence-electron chi connectivity index (χ1n) is 9.22. The van der Waals surface area contributed by atoms with Gasteiger partial charge < -0.3 is 13.9 Å². The number of halogens is 2. The molecule has 3 aromatic carbocycles. The lowest BCUT2D eigenvalue weighted by Crippen LogP contribution is -2.07. The van der Waals surface area contributed by atoms with Gasteiger partial charge in [0.25, 0.3) is 0 Å². The summed E-state index contributed by atoms with van der Waals surface area (Å²) in [5, 5.41) is 1.73. The highest BCUT2D eigenvalue weighted by atomic mass is 35.5. The predicted octanol–water partition coefficient (Wildman–Crippen LogP) is 6.58. The third kappa shape index (κ3) is 3.69. The number of allylic oxidation sites excluding steroid dienone is 1. The molecular weight excluding hydrogens is 439 g/mol.